The minimum absolute atomic E-state index is 0.0783. The van der Waals surface area contributed by atoms with Gasteiger partial charge in [-0.1, -0.05) is 0 Å². The Balaban J connectivity index is 2.07. The van der Waals surface area contributed by atoms with Crippen LogP contribution in [0.1, 0.15) is 12.8 Å². The van der Waals surface area contributed by atoms with Crippen LogP contribution in [-0.2, 0) is 9.53 Å². The molecule has 7 nitrogen and oxygen atoms in total. The van der Waals surface area contributed by atoms with Crippen molar-refractivity contribution in [1.82, 2.24) is 15.1 Å². The van der Waals surface area contributed by atoms with Gasteiger partial charge in [-0.15, -0.1) is 0 Å². The molecule has 0 aromatic rings. The van der Waals surface area contributed by atoms with Crippen LogP contribution >= 0.6 is 0 Å². The average molecular weight is 287 g/mol. The summed E-state index contributed by atoms with van der Waals surface area (Å²) in [6.07, 6.45) is 0.899. The molecule has 0 aliphatic carbocycles. The highest BCUT2D eigenvalue weighted by Crippen LogP contribution is 2.19. The number of nitrogens with one attached hydrogen (secondary N) is 1. The van der Waals surface area contributed by atoms with Crippen molar-refractivity contribution in [3.05, 3.63) is 0 Å². The van der Waals surface area contributed by atoms with Gasteiger partial charge in [0.05, 0.1) is 13.2 Å². The number of carbonyl (C=O) groups excluding carboxylic acids is 1. The normalized spacial score (nSPS) is 18.6. The highest BCUT2D eigenvalue weighted by molar-refractivity contribution is 5.74. The Labute approximate surface area is 119 Å². The quantitative estimate of drug-likeness (QED) is 0.617. The first kappa shape index (κ1) is 16.7. The number of nitrogens with zero attached hydrogens (tertiary/aromatic N) is 2. The molecule has 2 amide bonds. The number of carbonyl (C=O) groups is 2. The molecule has 116 valence electrons. The van der Waals surface area contributed by atoms with Gasteiger partial charge >= 0.3 is 12.0 Å². The van der Waals surface area contributed by atoms with Crippen LogP contribution in [0.3, 0.4) is 0 Å². The standard InChI is InChI=1S/C13H25N3O4/c1-15(2)6-8-20-7-4-14-13(19)16-5-3-11(10-16)9-12(17)18/h11H,3-10H2,1-2H3,(H,14,19)(H,17,18). The number of likely N-dealkylation sites (tertiary alicyclic amines) is 1. The van der Waals surface area contributed by atoms with Gasteiger partial charge in [-0.3, -0.25) is 4.79 Å². The summed E-state index contributed by atoms with van der Waals surface area (Å²) in [6, 6.07) is -0.130. The van der Waals surface area contributed by atoms with Gasteiger partial charge in [0.2, 0.25) is 0 Å². The van der Waals surface area contributed by atoms with Crippen LogP contribution in [0.5, 0.6) is 0 Å². The molecule has 0 spiro atoms. The Hall–Kier alpha value is -1.34. The molecular weight excluding hydrogens is 262 g/mol. The number of hydrogen-bond acceptors (Lipinski definition) is 4. The van der Waals surface area contributed by atoms with Gasteiger partial charge in [0, 0.05) is 32.6 Å². The number of ether oxygens (including phenoxy) is 1. The van der Waals surface area contributed by atoms with E-state index >= 15 is 0 Å². The van der Waals surface area contributed by atoms with Gasteiger partial charge in [0.1, 0.15) is 0 Å². The second kappa shape index (κ2) is 8.76. The Morgan fingerprint density at radius 3 is 2.80 bits per heavy atom. The third-order valence-corrected chi connectivity index (χ3v) is 3.24. The molecular formula is C13H25N3O4. The number of carboxylic acid groups (broad SMARTS) is 1. The number of likely N-dealkylation sites (N-methyl/N-ethyl adjacent to an activating group) is 1. The van der Waals surface area contributed by atoms with Crippen LogP contribution in [0.2, 0.25) is 0 Å². The molecule has 0 aromatic carbocycles. The van der Waals surface area contributed by atoms with E-state index in [4.69, 9.17) is 9.84 Å². The highest BCUT2D eigenvalue weighted by Gasteiger charge is 2.27. The van der Waals surface area contributed by atoms with Crippen LogP contribution in [-0.4, -0.2) is 80.4 Å². The predicted molar refractivity (Wildman–Crippen MR) is 74.7 cm³/mol. The van der Waals surface area contributed by atoms with Gasteiger partial charge in [0.15, 0.2) is 0 Å². The molecule has 2 N–H and O–H groups in total. The van der Waals surface area contributed by atoms with E-state index in [1.807, 2.05) is 19.0 Å². The zero-order chi connectivity index (χ0) is 15.0. The average Bonchev–Trinajstić information content (AvgIpc) is 2.80. The van der Waals surface area contributed by atoms with Crippen molar-refractivity contribution in [1.29, 1.82) is 0 Å². The van der Waals surface area contributed by atoms with Crippen molar-refractivity contribution in [2.75, 3.05) is 53.5 Å². The highest BCUT2D eigenvalue weighted by atomic mass is 16.5. The number of aliphatic carboxylic acids is 1. The first-order valence-electron chi connectivity index (χ1n) is 6.96. The summed E-state index contributed by atoms with van der Waals surface area (Å²) in [4.78, 5) is 26.1. The van der Waals surface area contributed by atoms with Gasteiger partial charge in [-0.25, -0.2) is 4.79 Å². The molecule has 0 radical (unpaired) electrons. The fraction of sp³-hybridized carbons (Fsp3) is 0.846. The first-order valence-corrected chi connectivity index (χ1v) is 6.96. The third-order valence-electron chi connectivity index (χ3n) is 3.24. The third kappa shape index (κ3) is 6.72. The summed E-state index contributed by atoms with van der Waals surface area (Å²) in [5, 5.41) is 11.5. The maximum absolute atomic E-state index is 11.8. The van der Waals surface area contributed by atoms with Crippen LogP contribution < -0.4 is 5.32 Å². The lowest BCUT2D eigenvalue weighted by Gasteiger charge is -2.17. The van der Waals surface area contributed by atoms with Crippen LogP contribution in [0.25, 0.3) is 0 Å². The van der Waals surface area contributed by atoms with Crippen molar-refractivity contribution in [2.45, 2.75) is 12.8 Å². The summed E-state index contributed by atoms with van der Waals surface area (Å²) in [5.41, 5.74) is 0. The van der Waals surface area contributed by atoms with E-state index in [1.165, 1.54) is 0 Å². The van der Waals surface area contributed by atoms with Crippen LogP contribution in [0, 0.1) is 5.92 Å². The van der Waals surface area contributed by atoms with E-state index in [1.54, 1.807) is 4.90 Å². The fourth-order valence-electron chi connectivity index (χ4n) is 2.12. The van der Waals surface area contributed by atoms with Crippen LogP contribution in [0.15, 0.2) is 0 Å². The number of amides is 2. The Kier molecular flexibility index (Phi) is 7.32. The van der Waals surface area contributed by atoms with Crippen molar-refractivity contribution < 1.29 is 19.4 Å². The van der Waals surface area contributed by atoms with Crippen LogP contribution in [0.4, 0.5) is 4.79 Å². The molecule has 1 rings (SSSR count). The van der Waals surface area contributed by atoms with E-state index in [2.05, 4.69) is 5.32 Å². The van der Waals surface area contributed by atoms with E-state index < -0.39 is 5.97 Å². The Morgan fingerprint density at radius 2 is 2.15 bits per heavy atom. The van der Waals surface area contributed by atoms with Gasteiger partial charge in [0.25, 0.3) is 0 Å². The van der Waals surface area contributed by atoms with E-state index in [9.17, 15) is 9.59 Å². The predicted octanol–water partition coefficient (Wildman–Crippen LogP) is 0.0708. The van der Waals surface area contributed by atoms with E-state index in [0.717, 1.165) is 13.0 Å². The zero-order valence-corrected chi connectivity index (χ0v) is 12.3. The van der Waals surface area contributed by atoms with Crippen molar-refractivity contribution >= 4 is 12.0 Å². The Morgan fingerprint density at radius 1 is 1.40 bits per heavy atom. The zero-order valence-electron chi connectivity index (χ0n) is 12.3. The molecule has 1 fully saturated rings. The van der Waals surface area contributed by atoms with E-state index in [-0.39, 0.29) is 18.4 Å². The lowest BCUT2D eigenvalue weighted by molar-refractivity contribution is -0.138. The monoisotopic (exact) mass is 287 g/mol. The summed E-state index contributed by atoms with van der Waals surface area (Å²) in [6.45, 7) is 3.63. The van der Waals surface area contributed by atoms with E-state index in [0.29, 0.717) is 32.8 Å². The molecule has 1 atom stereocenters. The minimum atomic E-state index is -0.799. The maximum Gasteiger partial charge on any atom is 0.317 e. The van der Waals surface area contributed by atoms with Crippen molar-refractivity contribution in [2.24, 2.45) is 5.92 Å². The number of hydrogen-bond donors (Lipinski definition) is 2. The van der Waals surface area contributed by atoms with Crippen molar-refractivity contribution in [3.63, 3.8) is 0 Å². The molecule has 0 aromatic heterocycles. The Bertz CT molecular complexity index is 323. The smallest absolute Gasteiger partial charge is 0.317 e. The fourth-order valence-corrected chi connectivity index (χ4v) is 2.12. The number of urea groups is 1. The molecule has 0 saturated carbocycles. The second-order valence-corrected chi connectivity index (χ2v) is 5.35. The molecule has 1 aliphatic rings. The van der Waals surface area contributed by atoms with Crippen molar-refractivity contribution in [3.8, 4) is 0 Å². The molecule has 1 unspecified atom stereocenters. The molecule has 1 aliphatic heterocycles. The van der Waals surface area contributed by atoms with Gasteiger partial charge < -0.3 is 25.0 Å². The second-order valence-electron chi connectivity index (χ2n) is 5.35. The summed E-state index contributed by atoms with van der Waals surface area (Å²) >= 11 is 0. The molecule has 20 heavy (non-hydrogen) atoms. The molecule has 1 saturated heterocycles. The topological polar surface area (TPSA) is 82.1 Å². The summed E-state index contributed by atoms with van der Waals surface area (Å²) in [5.74, 6) is -0.721. The molecule has 7 heteroatoms. The van der Waals surface area contributed by atoms with Gasteiger partial charge in [-0.2, -0.15) is 0 Å². The molecule has 0 bridgehead atoms. The SMILES string of the molecule is CN(C)CCOCCNC(=O)N1CCC(CC(=O)O)C1. The number of carboxylic acids is 1. The summed E-state index contributed by atoms with van der Waals surface area (Å²) < 4.78 is 5.38. The first-order chi connectivity index (χ1) is 9.49. The maximum atomic E-state index is 11.8. The lowest BCUT2D eigenvalue weighted by atomic mass is 10.1. The largest absolute Gasteiger partial charge is 0.481 e. The summed E-state index contributed by atoms with van der Waals surface area (Å²) in [7, 11) is 3.96. The minimum Gasteiger partial charge on any atom is -0.481 e. The lowest BCUT2D eigenvalue weighted by Crippen LogP contribution is -2.40. The molecule has 1 heterocycles. The number of rotatable bonds is 8. The van der Waals surface area contributed by atoms with Gasteiger partial charge in [-0.05, 0) is 26.4 Å².